The lowest BCUT2D eigenvalue weighted by Crippen LogP contribution is -2.64. The molecule has 92 heavy (non-hydrogen) atoms. The van der Waals surface area contributed by atoms with E-state index in [4.69, 9.17) is 42.2 Å². The normalized spacial score (nSPS) is 26.2. The Kier molecular flexibility index (Phi) is 27.7. The molecule has 0 aliphatic heterocycles. The van der Waals surface area contributed by atoms with Crippen molar-refractivity contribution in [2.24, 2.45) is 46.3 Å². The van der Waals surface area contributed by atoms with Crippen LogP contribution in [-0.2, 0) is 85.1 Å². The number of ether oxygens (including phenoxy) is 7. The van der Waals surface area contributed by atoms with Crippen molar-refractivity contribution in [2.75, 3.05) is 59.5 Å². The van der Waals surface area contributed by atoms with Gasteiger partial charge in [0, 0.05) is 70.2 Å². The van der Waals surface area contributed by atoms with E-state index in [0.29, 0.717) is 32.1 Å². The number of esters is 7. The molecule has 0 saturated heterocycles. The number of nitrogens with one attached hydrogen (secondary N) is 1. The summed E-state index contributed by atoms with van der Waals surface area (Å²) in [5.41, 5.74) is -6.27. The highest BCUT2D eigenvalue weighted by atomic mass is 31.2. The Bertz CT molecular complexity index is 2440. The number of amides is 1. The van der Waals surface area contributed by atoms with E-state index in [9.17, 15) is 38.4 Å². The third-order valence-electron chi connectivity index (χ3n) is 18.2. The predicted molar refractivity (Wildman–Crippen MR) is 350 cm³/mol. The molecule has 530 valence electrons. The molecule has 4 saturated carbocycles. The molecule has 1 amide bonds. The van der Waals surface area contributed by atoms with Gasteiger partial charge in [0.15, 0.2) is 0 Å². The molecule has 0 spiro atoms. The number of methoxy groups -OCH3 is 1. The van der Waals surface area contributed by atoms with Crippen LogP contribution in [0.1, 0.15) is 230 Å². The van der Waals surface area contributed by atoms with E-state index < -0.39 is 88.5 Å². The Balaban J connectivity index is 1.79. The molecule has 1 N–H and O–H groups in total. The SMILES string of the molecule is COC(=O)CC[C@@H](C)[C@H]1CC[C@H]2[C@@H]3[C@H](OC(C)=O)C[C@@H]4C[C@H](NC(=O)CCC(N(CCN(CC(=O)OC(C)(C)C)CC(=O)OC(C)(C)C)CCN(CC(=O)OC(C)(C)C)CC(=O)OC(C)(C)C)P(=O)(OC(C)(C)C)OC(C)(C)C)CC[C@]4(C)[C@H]3C[C@H](OC(C)=O)[C@]12C. The van der Waals surface area contributed by atoms with Crippen LogP contribution in [0.15, 0.2) is 0 Å². The van der Waals surface area contributed by atoms with Crippen molar-refractivity contribution >= 4 is 55.3 Å². The van der Waals surface area contributed by atoms with Crippen LogP contribution in [0, 0.1) is 46.3 Å². The molecule has 4 aliphatic rings. The molecule has 12 atom stereocenters. The van der Waals surface area contributed by atoms with Gasteiger partial charge in [0.05, 0.1) is 44.5 Å². The van der Waals surface area contributed by atoms with Crippen molar-refractivity contribution in [2.45, 2.75) is 288 Å². The van der Waals surface area contributed by atoms with Gasteiger partial charge in [-0.15, -0.1) is 0 Å². The number of hydrogen-bond donors (Lipinski definition) is 1. The molecule has 0 aromatic rings. The summed E-state index contributed by atoms with van der Waals surface area (Å²) in [7, 11) is -3.03. The molecule has 22 nitrogen and oxygen atoms in total. The van der Waals surface area contributed by atoms with Crippen LogP contribution in [0.3, 0.4) is 0 Å². The van der Waals surface area contributed by atoms with Gasteiger partial charge in [0.25, 0.3) is 0 Å². The molecule has 0 aromatic heterocycles. The predicted octanol–water partition coefficient (Wildman–Crippen LogP) is 11.0. The van der Waals surface area contributed by atoms with Crippen molar-refractivity contribution in [1.82, 2.24) is 20.0 Å². The van der Waals surface area contributed by atoms with E-state index in [1.807, 2.05) is 4.90 Å². The lowest BCUT2D eigenvalue weighted by atomic mass is 9.43. The fraction of sp³-hybridized carbons (Fsp3) is 0.884. The van der Waals surface area contributed by atoms with Gasteiger partial charge in [-0.05, 0) is 217 Å². The molecule has 4 rings (SSSR count). The highest BCUT2D eigenvalue weighted by Crippen LogP contribution is 2.69. The quantitative estimate of drug-likeness (QED) is 0.0434. The van der Waals surface area contributed by atoms with Gasteiger partial charge in [-0.25, -0.2) is 0 Å². The summed E-state index contributed by atoms with van der Waals surface area (Å²) < 4.78 is 70.3. The van der Waals surface area contributed by atoms with Gasteiger partial charge < -0.3 is 47.5 Å². The fourth-order valence-corrected chi connectivity index (χ4v) is 18.1. The monoisotopic (exact) mass is 1320 g/mol. The summed E-state index contributed by atoms with van der Waals surface area (Å²) in [5.74, 6) is -4.55. The average Bonchev–Trinajstić information content (AvgIpc) is 1.31. The zero-order valence-corrected chi connectivity index (χ0v) is 61.7. The highest BCUT2D eigenvalue weighted by Gasteiger charge is 2.68. The topological polar surface area (TPSA) is 258 Å². The van der Waals surface area contributed by atoms with Crippen LogP contribution in [0.25, 0.3) is 0 Å². The van der Waals surface area contributed by atoms with Gasteiger partial charge in [-0.2, -0.15) is 0 Å². The van der Waals surface area contributed by atoms with Crippen molar-refractivity contribution in [1.29, 1.82) is 0 Å². The van der Waals surface area contributed by atoms with Gasteiger partial charge in [0.1, 0.15) is 40.4 Å². The first-order chi connectivity index (χ1) is 41.8. The average molecular weight is 1330 g/mol. The van der Waals surface area contributed by atoms with Gasteiger partial charge in [0.2, 0.25) is 5.91 Å². The summed E-state index contributed by atoms with van der Waals surface area (Å²) in [4.78, 5) is 113. The van der Waals surface area contributed by atoms with Crippen LogP contribution >= 0.6 is 7.60 Å². The molecule has 4 aliphatic carbocycles. The molecule has 0 radical (unpaired) electrons. The van der Waals surface area contributed by atoms with E-state index in [1.165, 1.54) is 21.0 Å². The number of carbonyl (C=O) groups is 8. The molecule has 0 bridgehead atoms. The van der Waals surface area contributed by atoms with Crippen LogP contribution in [0.2, 0.25) is 0 Å². The van der Waals surface area contributed by atoms with E-state index in [2.05, 4.69) is 26.1 Å². The first kappa shape index (κ1) is 80.2. The summed E-state index contributed by atoms with van der Waals surface area (Å²) >= 11 is 0. The minimum absolute atomic E-state index is 0.00287. The maximum atomic E-state index is 16.3. The second kappa shape index (κ2) is 31.8. The Morgan fingerprint density at radius 1 is 0.543 bits per heavy atom. The molecule has 0 heterocycles. The number of carbonyl (C=O) groups excluding carboxylic acids is 8. The fourth-order valence-electron chi connectivity index (χ4n) is 15.2. The van der Waals surface area contributed by atoms with Crippen molar-refractivity contribution in [3.63, 3.8) is 0 Å². The largest absolute Gasteiger partial charge is 0.469 e. The van der Waals surface area contributed by atoms with Gasteiger partial charge in [-0.3, -0.25) is 57.6 Å². The van der Waals surface area contributed by atoms with Crippen LogP contribution in [-0.4, -0.2) is 179 Å². The van der Waals surface area contributed by atoms with Gasteiger partial charge >= 0.3 is 49.4 Å². The van der Waals surface area contributed by atoms with Crippen molar-refractivity contribution in [3.8, 4) is 0 Å². The minimum atomic E-state index is -4.43. The zero-order chi connectivity index (χ0) is 70.1. The van der Waals surface area contributed by atoms with Gasteiger partial charge in [-0.1, -0.05) is 20.8 Å². The maximum absolute atomic E-state index is 16.3. The molecule has 23 heteroatoms. The highest BCUT2D eigenvalue weighted by molar-refractivity contribution is 7.54. The number of hydrogen-bond acceptors (Lipinski definition) is 21. The first-order valence-corrected chi connectivity index (χ1v) is 35.2. The third-order valence-corrected chi connectivity index (χ3v) is 21.1. The van der Waals surface area contributed by atoms with Crippen molar-refractivity contribution in [3.05, 3.63) is 0 Å². The summed E-state index contributed by atoms with van der Waals surface area (Å²) in [5, 5.41) is 3.36. The standard InChI is InChI=1S/C69H121N4O18P/c1-44(25-30-56(77)83-24)49-26-27-50-61-51(39-53(69(49,50)23)85-46(3)75)68(22)32-31-48(37-47(68)38-52(61)84-45(2)74)70-54(76)28-29-55(92(82,90-66(16,17)18)91-67(19,20)21)73(35-33-71(40-57(78)86-62(4,5)6)41-58(79)87-63(7,8)9)36-34-72(42-59(80)88-64(10,11)12)43-60(81)89-65(13,14)15/h44,47-53,55,61H,25-43H2,1-24H3,(H,70,76)/t44-,47+,48-,49-,50+,51+,52-,53+,55?,61+,68+,69-/m1/s1. The van der Waals surface area contributed by atoms with Crippen LogP contribution < -0.4 is 5.32 Å². The Morgan fingerprint density at radius 3 is 1.39 bits per heavy atom. The molecule has 1 unspecified atom stereocenters. The lowest BCUT2D eigenvalue weighted by molar-refractivity contribution is -0.220. The maximum Gasteiger partial charge on any atom is 0.348 e. The Labute approximate surface area is 551 Å². The molecular formula is C69H121N4O18P. The number of fused-ring (bicyclic) bond motifs is 5. The molecule has 0 aromatic carbocycles. The first-order valence-electron chi connectivity index (χ1n) is 33.6. The van der Waals surface area contributed by atoms with Crippen LogP contribution in [0.4, 0.5) is 0 Å². The summed E-state index contributed by atoms with van der Waals surface area (Å²) in [6, 6.07) is -0.290. The third kappa shape index (κ3) is 25.1. The Hall–Kier alpha value is -4.21. The van der Waals surface area contributed by atoms with Crippen LogP contribution in [0.5, 0.6) is 0 Å². The second-order valence-electron chi connectivity index (χ2n) is 33.2. The summed E-state index contributed by atoms with van der Waals surface area (Å²) in [6.45, 7) is 39.7. The molecule has 4 fully saturated rings. The number of rotatable bonds is 28. The van der Waals surface area contributed by atoms with E-state index >= 15 is 4.57 Å². The molecular weight excluding hydrogens is 1200 g/mol. The van der Waals surface area contributed by atoms with Crippen molar-refractivity contribution < 1.29 is 85.1 Å². The second-order valence-corrected chi connectivity index (χ2v) is 35.2. The Morgan fingerprint density at radius 2 is 0.989 bits per heavy atom. The minimum Gasteiger partial charge on any atom is -0.469 e. The lowest BCUT2D eigenvalue weighted by Gasteiger charge is -2.64. The van der Waals surface area contributed by atoms with E-state index in [-0.39, 0.29) is 142 Å². The smallest absolute Gasteiger partial charge is 0.348 e. The zero-order valence-electron chi connectivity index (χ0n) is 60.8. The number of nitrogens with zero attached hydrogens (tertiary/aromatic N) is 3. The van der Waals surface area contributed by atoms with E-state index in [0.717, 1.165) is 19.3 Å². The van der Waals surface area contributed by atoms with E-state index in [1.54, 1.807) is 134 Å². The summed E-state index contributed by atoms with van der Waals surface area (Å²) in [6.07, 6.45) is 4.73.